The zero-order valence-electron chi connectivity index (χ0n) is 14.8. The van der Waals surface area contributed by atoms with Gasteiger partial charge in [-0.2, -0.15) is 4.98 Å². The highest BCUT2D eigenvalue weighted by atomic mass is 32.1. The first-order chi connectivity index (χ1) is 11.6. The van der Waals surface area contributed by atoms with E-state index in [2.05, 4.69) is 33.5 Å². The molecule has 0 amide bonds. The van der Waals surface area contributed by atoms with Crippen molar-refractivity contribution in [2.75, 3.05) is 16.8 Å². The molecule has 132 valence electrons. The van der Waals surface area contributed by atoms with E-state index in [1.165, 1.54) is 51.4 Å². The molecule has 0 unspecified atom stereocenters. The molecule has 0 spiro atoms. The Morgan fingerprint density at radius 3 is 2.62 bits per heavy atom. The van der Waals surface area contributed by atoms with Crippen LogP contribution in [0.25, 0.3) is 0 Å². The molecule has 1 saturated heterocycles. The summed E-state index contributed by atoms with van der Waals surface area (Å²) in [7, 11) is 0. The molecule has 1 atom stereocenters. The first kappa shape index (κ1) is 17.4. The van der Waals surface area contributed by atoms with E-state index in [1.54, 1.807) is 0 Å². The van der Waals surface area contributed by atoms with E-state index < -0.39 is 0 Å². The summed E-state index contributed by atoms with van der Waals surface area (Å²) in [6.45, 7) is 5.36. The highest BCUT2D eigenvalue weighted by Gasteiger charge is 2.21. The number of hydrogen-bond donors (Lipinski definition) is 2. The lowest BCUT2D eigenvalue weighted by atomic mass is 9.96. The topological polar surface area (TPSA) is 53.1 Å². The summed E-state index contributed by atoms with van der Waals surface area (Å²) in [6, 6.07) is 3.10. The zero-order chi connectivity index (χ0) is 16.9. The molecule has 2 heterocycles. The molecule has 0 radical (unpaired) electrons. The minimum atomic E-state index is 0.491. The fraction of sp³-hybridized carbons (Fsp3) is 0.722. The van der Waals surface area contributed by atoms with Gasteiger partial charge in [-0.25, -0.2) is 4.98 Å². The first-order valence-corrected chi connectivity index (χ1v) is 9.72. The van der Waals surface area contributed by atoms with Crippen molar-refractivity contribution in [1.29, 1.82) is 0 Å². The largest absolute Gasteiger partial charge is 0.360 e. The first-order valence-electron chi connectivity index (χ1n) is 9.31. The second-order valence-corrected chi connectivity index (χ2v) is 7.57. The molecule has 2 aliphatic rings. The summed E-state index contributed by atoms with van der Waals surface area (Å²) in [4.78, 5) is 11.6. The summed E-state index contributed by atoms with van der Waals surface area (Å²) in [6.07, 6.45) is 10.1. The molecular formula is C18H29N5S. The molecule has 1 aromatic heterocycles. The van der Waals surface area contributed by atoms with Crippen molar-refractivity contribution >= 4 is 29.1 Å². The van der Waals surface area contributed by atoms with Crippen LogP contribution in [0.3, 0.4) is 0 Å². The summed E-state index contributed by atoms with van der Waals surface area (Å²) in [5.41, 5.74) is 0.973. The van der Waals surface area contributed by atoms with Gasteiger partial charge in [-0.1, -0.05) is 19.3 Å². The second kappa shape index (κ2) is 8.10. The molecule has 2 fully saturated rings. The van der Waals surface area contributed by atoms with Gasteiger partial charge >= 0.3 is 0 Å². The standard InChI is InChI=1S/C18H29N5S/c1-13-12-16(23-11-7-6-8-14(23)2)21-17(19-13)22-18(24)20-15-9-4-3-5-10-15/h12,14-15H,3-11H2,1-2H3,(H2,19,20,21,22,24)/t14-/m0/s1. The van der Waals surface area contributed by atoms with Gasteiger partial charge in [-0.15, -0.1) is 0 Å². The third-order valence-corrected chi connectivity index (χ3v) is 5.32. The predicted octanol–water partition coefficient (Wildman–Crippen LogP) is 3.78. The summed E-state index contributed by atoms with van der Waals surface area (Å²) >= 11 is 5.47. The zero-order valence-corrected chi connectivity index (χ0v) is 15.7. The van der Waals surface area contributed by atoms with E-state index in [-0.39, 0.29) is 0 Å². The molecule has 1 saturated carbocycles. The van der Waals surface area contributed by atoms with E-state index in [1.807, 2.05) is 6.92 Å². The maximum absolute atomic E-state index is 5.47. The Hall–Kier alpha value is -1.43. The van der Waals surface area contributed by atoms with Crippen molar-refractivity contribution in [3.05, 3.63) is 11.8 Å². The lowest BCUT2D eigenvalue weighted by molar-refractivity contribution is 0.414. The van der Waals surface area contributed by atoms with Crippen LogP contribution in [0.4, 0.5) is 11.8 Å². The van der Waals surface area contributed by atoms with Gasteiger partial charge < -0.3 is 15.5 Å². The van der Waals surface area contributed by atoms with Gasteiger partial charge in [0, 0.05) is 30.4 Å². The third kappa shape index (κ3) is 4.56. The smallest absolute Gasteiger partial charge is 0.231 e. The number of aryl methyl sites for hydroxylation is 1. The molecule has 1 aliphatic heterocycles. The van der Waals surface area contributed by atoms with E-state index >= 15 is 0 Å². The number of nitrogens with zero attached hydrogens (tertiary/aromatic N) is 3. The minimum absolute atomic E-state index is 0.491. The predicted molar refractivity (Wildman–Crippen MR) is 104 cm³/mol. The van der Waals surface area contributed by atoms with Crippen LogP contribution in [-0.4, -0.2) is 33.7 Å². The van der Waals surface area contributed by atoms with Crippen LogP contribution in [0.15, 0.2) is 6.07 Å². The maximum Gasteiger partial charge on any atom is 0.231 e. The molecule has 3 rings (SSSR count). The highest BCUT2D eigenvalue weighted by Crippen LogP contribution is 2.24. The molecule has 1 aliphatic carbocycles. The van der Waals surface area contributed by atoms with Crippen molar-refractivity contribution < 1.29 is 0 Å². The Morgan fingerprint density at radius 1 is 1.12 bits per heavy atom. The average molecular weight is 348 g/mol. The van der Waals surface area contributed by atoms with Gasteiger partial charge in [-0.05, 0) is 58.2 Å². The monoisotopic (exact) mass is 347 g/mol. The Bertz CT molecular complexity index is 571. The van der Waals surface area contributed by atoms with Crippen molar-refractivity contribution in [2.24, 2.45) is 0 Å². The maximum atomic E-state index is 5.47. The lowest BCUT2D eigenvalue weighted by Crippen LogP contribution is -2.40. The van der Waals surface area contributed by atoms with E-state index in [4.69, 9.17) is 17.2 Å². The number of aromatic nitrogens is 2. The van der Waals surface area contributed by atoms with Crippen LogP contribution >= 0.6 is 12.2 Å². The number of anilines is 2. The third-order valence-electron chi connectivity index (χ3n) is 5.10. The van der Waals surface area contributed by atoms with Crippen molar-refractivity contribution in [2.45, 2.75) is 77.3 Å². The van der Waals surface area contributed by atoms with Gasteiger partial charge in [0.15, 0.2) is 5.11 Å². The lowest BCUT2D eigenvalue weighted by Gasteiger charge is -2.34. The van der Waals surface area contributed by atoms with Crippen LogP contribution in [0.2, 0.25) is 0 Å². The Balaban J connectivity index is 1.65. The van der Waals surface area contributed by atoms with Crippen molar-refractivity contribution in [1.82, 2.24) is 15.3 Å². The Kier molecular flexibility index (Phi) is 5.87. The molecule has 24 heavy (non-hydrogen) atoms. The summed E-state index contributed by atoms with van der Waals surface area (Å²) in [5.74, 6) is 1.62. The Morgan fingerprint density at radius 2 is 1.88 bits per heavy atom. The van der Waals surface area contributed by atoms with Crippen LogP contribution in [0.1, 0.15) is 64.0 Å². The normalized spacial score (nSPS) is 22.2. The van der Waals surface area contributed by atoms with Crippen molar-refractivity contribution in [3.8, 4) is 0 Å². The summed E-state index contributed by atoms with van der Waals surface area (Å²) < 4.78 is 0. The average Bonchev–Trinajstić information content (AvgIpc) is 2.55. The molecule has 1 aromatic rings. The SMILES string of the molecule is Cc1cc(N2CCCC[C@@H]2C)nc(NC(=S)NC2CCCCC2)n1. The number of hydrogen-bond acceptors (Lipinski definition) is 4. The van der Waals surface area contributed by atoms with Crippen molar-refractivity contribution in [3.63, 3.8) is 0 Å². The number of nitrogens with one attached hydrogen (secondary N) is 2. The van der Waals surface area contributed by atoms with E-state index in [0.717, 1.165) is 18.1 Å². The minimum Gasteiger partial charge on any atom is -0.360 e. The van der Waals surface area contributed by atoms with E-state index in [9.17, 15) is 0 Å². The number of piperidine rings is 1. The molecule has 2 N–H and O–H groups in total. The van der Waals surface area contributed by atoms with Crippen LogP contribution < -0.4 is 15.5 Å². The molecular weight excluding hydrogens is 318 g/mol. The van der Waals surface area contributed by atoms with Crippen LogP contribution in [-0.2, 0) is 0 Å². The van der Waals surface area contributed by atoms with Crippen LogP contribution in [0, 0.1) is 6.92 Å². The number of rotatable bonds is 3. The fourth-order valence-corrected chi connectivity index (χ4v) is 4.02. The van der Waals surface area contributed by atoms with Gasteiger partial charge in [0.05, 0.1) is 0 Å². The Labute approximate surface area is 150 Å². The molecule has 0 bridgehead atoms. The highest BCUT2D eigenvalue weighted by molar-refractivity contribution is 7.80. The van der Waals surface area contributed by atoms with Crippen LogP contribution in [0.5, 0.6) is 0 Å². The molecule has 0 aromatic carbocycles. The van der Waals surface area contributed by atoms with Gasteiger partial charge in [0.1, 0.15) is 5.82 Å². The summed E-state index contributed by atoms with van der Waals surface area (Å²) in [5, 5.41) is 7.26. The molecule has 6 heteroatoms. The molecule has 5 nitrogen and oxygen atoms in total. The van der Waals surface area contributed by atoms with E-state index in [0.29, 0.717) is 23.1 Å². The van der Waals surface area contributed by atoms with Gasteiger partial charge in [0.25, 0.3) is 0 Å². The van der Waals surface area contributed by atoms with Gasteiger partial charge in [0.2, 0.25) is 5.95 Å². The number of thiocarbonyl (C=S) groups is 1. The second-order valence-electron chi connectivity index (χ2n) is 7.16. The quantitative estimate of drug-likeness (QED) is 0.812. The van der Waals surface area contributed by atoms with Gasteiger partial charge in [-0.3, -0.25) is 0 Å². The fourth-order valence-electron chi connectivity index (χ4n) is 3.76.